The fourth-order valence-electron chi connectivity index (χ4n) is 3.59. The number of benzene rings is 1. The van der Waals surface area contributed by atoms with Crippen molar-refractivity contribution >= 4 is 55.3 Å². The minimum atomic E-state index is -0.919. The van der Waals surface area contributed by atoms with Gasteiger partial charge < -0.3 is 21.5 Å². The van der Waals surface area contributed by atoms with Crippen molar-refractivity contribution in [3.8, 4) is 10.6 Å². The first kappa shape index (κ1) is 26.4. The van der Waals surface area contributed by atoms with E-state index in [9.17, 15) is 19.6 Å². The SMILES string of the molecule is CN(N=O)C(N)=O.O=C(O)c1cccc2sc(-c3nc(NCCC4CCNCC4)ncc3Br)cc12. The van der Waals surface area contributed by atoms with Gasteiger partial charge >= 0.3 is 12.0 Å². The van der Waals surface area contributed by atoms with Crippen LogP contribution in [-0.2, 0) is 0 Å². The monoisotopic (exact) mass is 563 g/mol. The zero-order valence-corrected chi connectivity index (χ0v) is 21.4. The van der Waals surface area contributed by atoms with Crippen LogP contribution in [0.4, 0.5) is 10.7 Å². The molecule has 4 rings (SSSR count). The number of primary amides is 1. The Labute approximate surface area is 214 Å². The summed E-state index contributed by atoms with van der Waals surface area (Å²) in [4.78, 5) is 40.6. The molecule has 2 amide bonds. The van der Waals surface area contributed by atoms with Gasteiger partial charge in [-0.1, -0.05) is 6.07 Å². The Bertz CT molecular complexity index is 1200. The quantitative estimate of drug-likeness (QED) is 0.244. The molecule has 1 fully saturated rings. The number of aromatic nitrogens is 2. The van der Waals surface area contributed by atoms with Crippen LogP contribution in [0, 0.1) is 10.8 Å². The Balaban J connectivity index is 0.000000429. The summed E-state index contributed by atoms with van der Waals surface area (Å²) in [6, 6.07) is 6.38. The number of carboxylic acids is 1. The molecule has 0 saturated carbocycles. The summed E-state index contributed by atoms with van der Waals surface area (Å²) in [5, 5.41) is 19.6. The molecule has 1 saturated heterocycles. The lowest BCUT2D eigenvalue weighted by Gasteiger charge is -2.22. The summed E-state index contributed by atoms with van der Waals surface area (Å²) in [5.74, 6) is 0.431. The van der Waals surface area contributed by atoms with Gasteiger partial charge in [0, 0.05) is 29.9 Å². The topological polar surface area (TPSA) is 163 Å². The molecule has 11 nitrogen and oxygen atoms in total. The summed E-state index contributed by atoms with van der Waals surface area (Å²) in [5.41, 5.74) is 5.63. The first-order chi connectivity index (χ1) is 16.8. The number of nitrogens with two attached hydrogens (primary N) is 1. The molecule has 0 atom stereocenters. The number of carboxylic acid groups (broad SMARTS) is 1. The van der Waals surface area contributed by atoms with Gasteiger partial charge in [0.1, 0.15) is 5.69 Å². The predicted molar refractivity (Wildman–Crippen MR) is 139 cm³/mol. The van der Waals surface area contributed by atoms with Crippen LogP contribution in [-0.4, -0.2) is 58.8 Å². The number of carbonyl (C=O) groups is 2. The van der Waals surface area contributed by atoms with Crippen molar-refractivity contribution in [2.45, 2.75) is 19.3 Å². The van der Waals surface area contributed by atoms with E-state index in [1.54, 1.807) is 18.3 Å². The van der Waals surface area contributed by atoms with E-state index in [1.807, 2.05) is 12.1 Å². The highest BCUT2D eigenvalue weighted by Gasteiger charge is 2.16. The van der Waals surface area contributed by atoms with E-state index in [-0.39, 0.29) is 0 Å². The van der Waals surface area contributed by atoms with Crippen LogP contribution < -0.4 is 16.4 Å². The molecule has 0 spiro atoms. The lowest BCUT2D eigenvalue weighted by molar-refractivity contribution is 0.0699. The van der Waals surface area contributed by atoms with E-state index in [4.69, 9.17) is 0 Å². The lowest BCUT2D eigenvalue weighted by Crippen LogP contribution is -2.28. The van der Waals surface area contributed by atoms with Crippen molar-refractivity contribution in [3.05, 3.63) is 45.4 Å². The molecule has 5 N–H and O–H groups in total. The summed E-state index contributed by atoms with van der Waals surface area (Å²) >= 11 is 5.07. The van der Waals surface area contributed by atoms with E-state index in [2.05, 4.69) is 47.6 Å². The smallest absolute Gasteiger partial charge is 0.337 e. The number of nitroso groups, excluding NO2 is 1. The second-order valence-electron chi connectivity index (χ2n) is 7.88. The third-order valence-electron chi connectivity index (χ3n) is 5.51. The van der Waals surface area contributed by atoms with E-state index in [0.29, 0.717) is 16.5 Å². The predicted octanol–water partition coefficient (Wildman–Crippen LogP) is 4.30. The summed E-state index contributed by atoms with van der Waals surface area (Å²) < 4.78 is 1.72. The van der Waals surface area contributed by atoms with E-state index in [0.717, 1.165) is 57.1 Å². The molecule has 1 aromatic carbocycles. The average Bonchev–Trinajstić information content (AvgIpc) is 3.29. The van der Waals surface area contributed by atoms with E-state index < -0.39 is 12.0 Å². The number of carbonyl (C=O) groups excluding carboxylic acids is 1. The number of urea groups is 1. The molecule has 0 unspecified atom stereocenters. The normalized spacial score (nSPS) is 13.5. The van der Waals surface area contributed by atoms with E-state index >= 15 is 0 Å². The Kier molecular flexibility index (Phi) is 9.46. The highest BCUT2D eigenvalue weighted by molar-refractivity contribution is 9.10. The molecule has 3 heterocycles. The average molecular weight is 564 g/mol. The molecular formula is C22H26BrN7O4S. The third-order valence-corrected chi connectivity index (χ3v) is 7.19. The molecule has 3 aromatic rings. The van der Waals surface area contributed by atoms with Gasteiger partial charge in [0.05, 0.1) is 20.2 Å². The first-order valence-electron chi connectivity index (χ1n) is 10.9. The number of thiophene rings is 1. The number of hydrogen-bond acceptors (Lipinski definition) is 9. The molecule has 0 bridgehead atoms. The highest BCUT2D eigenvalue weighted by atomic mass is 79.9. The summed E-state index contributed by atoms with van der Waals surface area (Å²) in [6.07, 6.45) is 5.31. The standard InChI is InChI=1S/C20H21BrN4O2S.C2H5N3O2/c21-15-11-24-20(23-9-6-12-4-7-22-8-5-12)25-18(15)17-10-14-13(19(26)27)2-1-3-16(14)28-17;1-5(4-7)2(3)6/h1-3,10-12,22H,4-9H2,(H,26,27)(H,23,24,25);1H3,(H2,3,6). The minimum absolute atomic E-state index is 0.311. The highest BCUT2D eigenvalue weighted by Crippen LogP contribution is 2.37. The Morgan fingerprint density at radius 3 is 2.74 bits per heavy atom. The number of amides is 2. The van der Waals surface area contributed by atoms with Crippen LogP contribution in [0.2, 0.25) is 0 Å². The van der Waals surface area contributed by atoms with Crippen LogP contribution in [0.5, 0.6) is 0 Å². The van der Waals surface area contributed by atoms with Gasteiger partial charge in [0.15, 0.2) is 0 Å². The maximum absolute atomic E-state index is 11.5. The Morgan fingerprint density at radius 2 is 2.11 bits per heavy atom. The lowest BCUT2D eigenvalue weighted by atomic mass is 9.95. The number of nitrogens with one attached hydrogen (secondary N) is 2. The van der Waals surface area contributed by atoms with Gasteiger partial charge in [-0.15, -0.1) is 16.2 Å². The Hall–Kier alpha value is -3.16. The molecular weight excluding hydrogens is 538 g/mol. The van der Waals surface area contributed by atoms with Crippen molar-refractivity contribution in [2.24, 2.45) is 16.9 Å². The third kappa shape index (κ3) is 7.16. The number of halogens is 1. The van der Waals surface area contributed by atoms with Gasteiger partial charge in [-0.2, -0.15) is 5.01 Å². The van der Waals surface area contributed by atoms with Crippen LogP contribution >= 0.6 is 27.3 Å². The van der Waals surface area contributed by atoms with Crippen LogP contribution in [0.25, 0.3) is 20.7 Å². The minimum Gasteiger partial charge on any atom is -0.478 e. The van der Waals surface area contributed by atoms with Gasteiger partial charge in [0.25, 0.3) is 0 Å². The largest absolute Gasteiger partial charge is 0.478 e. The second kappa shape index (κ2) is 12.5. The van der Waals surface area contributed by atoms with Gasteiger partial charge in [-0.05, 0) is 72.4 Å². The first-order valence-corrected chi connectivity index (χ1v) is 12.5. The van der Waals surface area contributed by atoms with Crippen LogP contribution in [0.3, 0.4) is 0 Å². The molecule has 2 aromatic heterocycles. The van der Waals surface area contributed by atoms with Crippen molar-refractivity contribution in [3.63, 3.8) is 0 Å². The van der Waals surface area contributed by atoms with Gasteiger partial charge in [0.2, 0.25) is 5.95 Å². The molecule has 0 radical (unpaired) electrons. The van der Waals surface area contributed by atoms with Crippen molar-refractivity contribution in [1.29, 1.82) is 0 Å². The molecule has 1 aliphatic heterocycles. The molecule has 35 heavy (non-hydrogen) atoms. The molecule has 13 heteroatoms. The maximum atomic E-state index is 11.5. The number of nitrogens with zero attached hydrogens (tertiary/aromatic N) is 4. The van der Waals surface area contributed by atoms with Crippen molar-refractivity contribution in [2.75, 3.05) is 32.0 Å². The zero-order chi connectivity index (χ0) is 25.4. The number of rotatable bonds is 7. The molecule has 186 valence electrons. The number of fused-ring (bicyclic) bond motifs is 1. The summed E-state index contributed by atoms with van der Waals surface area (Å²) in [6.45, 7) is 3.06. The van der Waals surface area contributed by atoms with Crippen LogP contribution in [0.1, 0.15) is 29.6 Å². The molecule has 0 aliphatic carbocycles. The fraction of sp³-hybridized carbons (Fsp3) is 0.364. The van der Waals surface area contributed by atoms with Crippen molar-refractivity contribution in [1.82, 2.24) is 20.3 Å². The van der Waals surface area contributed by atoms with Gasteiger partial charge in [-0.3, -0.25) is 0 Å². The second-order valence-corrected chi connectivity index (χ2v) is 9.81. The van der Waals surface area contributed by atoms with Gasteiger partial charge in [-0.25, -0.2) is 19.6 Å². The zero-order valence-electron chi connectivity index (χ0n) is 19.0. The Morgan fingerprint density at radius 1 is 1.37 bits per heavy atom. The van der Waals surface area contributed by atoms with Crippen molar-refractivity contribution < 1.29 is 14.7 Å². The number of hydrogen-bond donors (Lipinski definition) is 4. The number of aromatic carboxylic acids is 1. The number of piperidine rings is 1. The molecule has 1 aliphatic rings. The van der Waals surface area contributed by atoms with Crippen LogP contribution in [0.15, 0.2) is 40.2 Å². The van der Waals surface area contributed by atoms with E-state index in [1.165, 1.54) is 31.2 Å². The summed E-state index contributed by atoms with van der Waals surface area (Å²) in [7, 11) is 1.18. The maximum Gasteiger partial charge on any atom is 0.337 e. The fourth-order valence-corrected chi connectivity index (χ4v) is 5.22. The number of anilines is 1.